The van der Waals surface area contributed by atoms with Crippen LogP contribution < -0.4 is 0 Å². The lowest BCUT2D eigenvalue weighted by Gasteiger charge is -2.07. The predicted molar refractivity (Wildman–Crippen MR) is 135 cm³/mol. The van der Waals surface area contributed by atoms with E-state index in [1.54, 1.807) is 24.3 Å². The van der Waals surface area contributed by atoms with Crippen LogP contribution in [0.15, 0.2) is 99.2 Å². The minimum atomic E-state index is -0.582. The molecule has 0 bridgehead atoms. The normalized spacial score (nSPS) is 9.33. The quantitative estimate of drug-likeness (QED) is 0.238. The number of carbonyl (C=O) groups excluding carboxylic acids is 4. The number of esters is 4. The van der Waals surface area contributed by atoms with Crippen molar-refractivity contribution in [2.75, 3.05) is 26.4 Å². The Hall–Kier alpha value is -4.72. The molecule has 0 amide bonds. The van der Waals surface area contributed by atoms with E-state index in [0.29, 0.717) is 0 Å². The lowest BCUT2D eigenvalue weighted by molar-refractivity contribution is 0.0503. The van der Waals surface area contributed by atoms with E-state index in [-0.39, 0.29) is 48.7 Å². The summed E-state index contributed by atoms with van der Waals surface area (Å²) in [7, 11) is 0. The average Bonchev–Trinajstić information content (AvgIpc) is 2.92. The van der Waals surface area contributed by atoms with Crippen LogP contribution in [-0.2, 0) is 18.9 Å². The van der Waals surface area contributed by atoms with Crippen molar-refractivity contribution in [3.8, 4) is 0 Å². The van der Waals surface area contributed by atoms with Crippen LogP contribution >= 0.6 is 0 Å². The molecule has 0 unspecified atom stereocenters. The largest absolute Gasteiger partial charge is 0.458 e. The summed E-state index contributed by atoms with van der Waals surface area (Å²) < 4.78 is 19.6. The zero-order valence-corrected chi connectivity index (χ0v) is 19.9. The Bertz CT molecular complexity index is 927. The Morgan fingerprint density at radius 3 is 0.833 bits per heavy atom. The first kappa shape index (κ1) is 29.3. The van der Waals surface area contributed by atoms with Gasteiger partial charge in [0.2, 0.25) is 0 Å². The highest BCUT2D eigenvalue weighted by Crippen LogP contribution is 2.13. The molecule has 188 valence electrons. The van der Waals surface area contributed by atoms with Crippen LogP contribution in [0.25, 0.3) is 0 Å². The van der Waals surface area contributed by atoms with Crippen LogP contribution in [0, 0.1) is 0 Å². The number of rotatable bonds is 12. The van der Waals surface area contributed by atoms with Gasteiger partial charge in [0.25, 0.3) is 0 Å². The second-order valence-corrected chi connectivity index (χ2v) is 6.64. The van der Waals surface area contributed by atoms with Gasteiger partial charge in [0.15, 0.2) is 0 Å². The molecular weight excluding hydrogens is 464 g/mol. The summed E-state index contributed by atoms with van der Waals surface area (Å²) in [5.74, 6) is -2.33. The standard InChI is InChI=1S/2C14H14O4/c2*1-3-9-17-13(15)11-7-5-6-8-12(11)14(16)18-10-4-2/h2*3-8H,1-2,9-10H2. The van der Waals surface area contributed by atoms with Gasteiger partial charge in [0.05, 0.1) is 22.3 Å². The van der Waals surface area contributed by atoms with Gasteiger partial charge in [-0.05, 0) is 24.3 Å². The van der Waals surface area contributed by atoms with Crippen molar-refractivity contribution >= 4 is 23.9 Å². The SMILES string of the molecule is C=CCOC(=O)c1ccccc1C(=O)OCC=C.C=CCOC(=O)c1ccccc1C(=O)OCC=C. The first-order valence-electron chi connectivity index (χ1n) is 10.7. The molecule has 0 atom stereocenters. The third-order valence-electron chi connectivity index (χ3n) is 4.06. The average molecular weight is 493 g/mol. The molecule has 2 aromatic carbocycles. The number of hydrogen-bond donors (Lipinski definition) is 0. The molecule has 0 saturated heterocycles. The topological polar surface area (TPSA) is 105 Å². The third-order valence-corrected chi connectivity index (χ3v) is 4.06. The van der Waals surface area contributed by atoms with E-state index in [2.05, 4.69) is 26.3 Å². The van der Waals surface area contributed by atoms with Crippen molar-refractivity contribution in [1.29, 1.82) is 0 Å². The molecule has 0 aliphatic heterocycles. The van der Waals surface area contributed by atoms with Gasteiger partial charge in [0, 0.05) is 0 Å². The van der Waals surface area contributed by atoms with Crippen molar-refractivity contribution in [2.45, 2.75) is 0 Å². The fourth-order valence-electron chi connectivity index (χ4n) is 2.53. The number of carbonyl (C=O) groups is 4. The molecule has 0 aliphatic rings. The van der Waals surface area contributed by atoms with Gasteiger partial charge in [-0.3, -0.25) is 0 Å². The van der Waals surface area contributed by atoms with Crippen LogP contribution in [0.4, 0.5) is 0 Å². The van der Waals surface area contributed by atoms with Crippen molar-refractivity contribution in [2.24, 2.45) is 0 Å². The first-order valence-corrected chi connectivity index (χ1v) is 10.7. The molecule has 0 radical (unpaired) electrons. The van der Waals surface area contributed by atoms with Gasteiger partial charge >= 0.3 is 23.9 Å². The van der Waals surface area contributed by atoms with Gasteiger partial charge in [-0.1, -0.05) is 74.9 Å². The second kappa shape index (κ2) is 16.8. The van der Waals surface area contributed by atoms with Gasteiger partial charge in [-0.25, -0.2) is 19.2 Å². The van der Waals surface area contributed by atoms with Crippen molar-refractivity contribution in [3.05, 3.63) is 121 Å². The highest BCUT2D eigenvalue weighted by Gasteiger charge is 2.19. The molecule has 0 aromatic heterocycles. The first-order chi connectivity index (χ1) is 17.4. The maximum Gasteiger partial charge on any atom is 0.339 e. The van der Waals surface area contributed by atoms with Gasteiger partial charge < -0.3 is 18.9 Å². The smallest absolute Gasteiger partial charge is 0.339 e. The minimum Gasteiger partial charge on any atom is -0.458 e. The molecule has 0 heterocycles. The molecule has 8 heteroatoms. The summed E-state index contributed by atoms with van der Waals surface area (Å²) in [5.41, 5.74) is 0.698. The maximum atomic E-state index is 11.7. The highest BCUT2D eigenvalue weighted by atomic mass is 16.5. The fourth-order valence-corrected chi connectivity index (χ4v) is 2.53. The van der Waals surface area contributed by atoms with Crippen molar-refractivity contribution in [3.63, 3.8) is 0 Å². The van der Waals surface area contributed by atoms with Crippen LogP contribution in [-0.4, -0.2) is 50.3 Å². The summed E-state index contributed by atoms with van der Waals surface area (Å²) in [6, 6.07) is 12.6. The Balaban J connectivity index is 0.000000360. The number of ether oxygens (including phenoxy) is 4. The summed E-state index contributed by atoms with van der Waals surface area (Å²) in [6.07, 6.45) is 5.82. The third kappa shape index (κ3) is 9.64. The van der Waals surface area contributed by atoms with Crippen LogP contribution in [0.3, 0.4) is 0 Å². The second-order valence-electron chi connectivity index (χ2n) is 6.64. The van der Waals surface area contributed by atoms with E-state index in [1.807, 2.05) is 0 Å². The molecule has 0 N–H and O–H groups in total. The summed E-state index contributed by atoms with van der Waals surface area (Å²) >= 11 is 0. The van der Waals surface area contributed by atoms with Gasteiger partial charge in [-0.15, -0.1) is 0 Å². The molecule has 0 fully saturated rings. The maximum absolute atomic E-state index is 11.7. The molecule has 8 nitrogen and oxygen atoms in total. The lowest BCUT2D eigenvalue weighted by Crippen LogP contribution is -2.14. The summed E-state index contributed by atoms with van der Waals surface area (Å²) in [5, 5.41) is 0. The number of benzene rings is 2. The molecule has 0 saturated carbocycles. The fraction of sp³-hybridized carbons (Fsp3) is 0.143. The van der Waals surface area contributed by atoms with E-state index in [4.69, 9.17) is 18.9 Å². The van der Waals surface area contributed by atoms with Crippen molar-refractivity contribution < 1.29 is 38.1 Å². The number of hydrogen-bond acceptors (Lipinski definition) is 8. The van der Waals surface area contributed by atoms with Crippen LogP contribution in [0.5, 0.6) is 0 Å². The highest BCUT2D eigenvalue weighted by molar-refractivity contribution is 6.03. The molecule has 2 aromatic rings. The lowest BCUT2D eigenvalue weighted by atomic mass is 10.1. The Kier molecular flexibility index (Phi) is 13.7. The van der Waals surface area contributed by atoms with Gasteiger partial charge in [-0.2, -0.15) is 0 Å². The molecule has 0 spiro atoms. The Labute approximate surface area is 210 Å². The van der Waals surface area contributed by atoms with E-state index >= 15 is 0 Å². The van der Waals surface area contributed by atoms with Crippen LogP contribution in [0.2, 0.25) is 0 Å². The Morgan fingerprint density at radius 1 is 0.472 bits per heavy atom. The van der Waals surface area contributed by atoms with Crippen molar-refractivity contribution in [1.82, 2.24) is 0 Å². The molecule has 0 aliphatic carbocycles. The Morgan fingerprint density at radius 2 is 0.667 bits per heavy atom. The molecule has 2 rings (SSSR count). The zero-order chi connectivity index (χ0) is 26.8. The van der Waals surface area contributed by atoms with E-state index < -0.39 is 23.9 Å². The zero-order valence-electron chi connectivity index (χ0n) is 19.9. The van der Waals surface area contributed by atoms with Gasteiger partial charge in [0.1, 0.15) is 26.4 Å². The minimum absolute atomic E-state index is 0.0921. The molecular formula is C28H28O8. The van der Waals surface area contributed by atoms with E-state index in [9.17, 15) is 19.2 Å². The molecule has 36 heavy (non-hydrogen) atoms. The predicted octanol–water partition coefficient (Wildman–Crippen LogP) is 4.74. The summed E-state index contributed by atoms with van der Waals surface area (Å²) in [6.45, 7) is 14.1. The van der Waals surface area contributed by atoms with E-state index in [0.717, 1.165) is 0 Å². The van der Waals surface area contributed by atoms with Crippen LogP contribution in [0.1, 0.15) is 41.4 Å². The van der Waals surface area contributed by atoms with E-state index in [1.165, 1.54) is 48.6 Å². The summed E-state index contributed by atoms with van der Waals surface area (Å²) in [4.78, 5) is 46.8. The monoisotopic (exact) mass is 492 g/mol.